The van der Waals surface area contributed by atoms with Crippen LogP contribution in [-0.2, 0) is 21.4 Å². The third kappa shape index (κ3) is 4.84. The Bertz CT molecular complexity index is 862. The standard InChI is InChI=1S/C21H27NO5S/c1-25-19-8-9-20(26-2)21(14-19)28(23,24)22-12-10-18(11-13-22)16-27-15-17-6-4-3-5-7-17/h3-9,14,18H,10-13,15-16H2,1-2H3. The molecule has 2 aromatic rings. The molecule has 152 valence electrons. The number of rotatable bonds is 8. The summed E-state index contributed by atoms with van der Waals surface area (Å²) in [6, 6.07) is 14.9. The van der Waals surface area contributed by atoms with Crippen molar-refractivity contribution in [2.75, 3.05) is 33.9 Å². The van der Waals surface area contributed by atoms with Crippen molar-refractivity contribution < 1.29 is 22.6 Å². The Kier molecular flexibility index (Phi) is 6.93. The van der Waals surface area contributed by atoms with E-state index in [0.717, 1.165) is 18.4 Å². The van der Waals surface area contributed by atoms with Crippen LogP contribution in [0, 0.1) is 5.92 Å². The second-order valence-corrected chi connectivity index (χ2v) is 8.77. The zero-order valence-electron chi connectivity index (χ0n) is 16.3. The van der Waals surface area contributed by atoms with E-state index < -0.39 is 10.0 Å². The van der Waals surface area contributed by atoms with Gasteiger partial charge < -0.3 is 14.2 Å². The highest BCUT2D eigenvalue weighted by Gasteiger charge is 2.32. The molecule has 0 saturated carbocycles. The zero-order chi connectivity index (χ0) is 20.0. The third-order valence-electron chi connectivity index (χ3n) is 5.03. The molecule has 2 aromatic carbocycles. The lowest BCUT2D eigenvalue weighted by atomic mass is 9.99. The SMILES string of the molecule is COc1ccc(OC)c(S(=O)(=O)N2CCC(COCc3ccccc3)CC2)c1. The summed E-state index contributed by atoms with van der Waals surface area (Å²) in [7, 11) is -0.654. The van der Waals surface area contributed by atoms with E-state index in [2.05, 4.69) is 0 Å². The quantitative estimate of drug-likeness (QED) is 0.674. The van der Waals surface area contributed by atoms with Gasteiger partial charge in [0.25, 0.3) is 0 Å². The molecule has 3 rings (SSSR count). The third-order valence-corrected chi connectivity index (χ3v) is 6.95. The highest BCUT2D eigenvalue weighted by atomic mass is 32.2. The van der Waals surface area contributed by atoms with E-state index >= 15 is 0 Å². The van der Waals surface area contributed by atoms with Crippen molar-refractivity contribution in [3.05, 3.63) is 54.1 Å². The predicted molar refractivity (Wildman–Crippen MR) is 107 cm³/mol. The van der Waals surface area contributed by atoms with E-state index in [1.54, 1.807) is 12.1 Å². The van der Waals surface area contributed by atoms with Crippen LogP contribution >= 0.6 is 0 Å². The summed E-state index contributed by atoms with van der Waals surface area (Å²) < 4.78 is 44.0. The van der Waals surface area contributed by atoms with Gasteiger partial charge in [0.2, 0.25) is 10.0 Å². The summed E-state index contributed by atoms with van der Waals surface area (Å²) in [5.41, 5.74) is 1.15. The lowest BCUT2D eigenvalue weighted by molar-refractivity contribution is 0.0687. The molecule has 0 bridgehead atoms. The Morgan fingerprint density at radius 3 is 2.36 bits per heavy atom. The van der Waals surface area contributed by atoms with Gasteiger partial charge in [-0.25, -0.2) is 8.42 Å². The average Bonchev–Trinajstić information content (AvgIpc) is 2.74. The van der Waals surface area contributed by atoms with Crippen molar-refractivity contribution >= 4 is 10.0 Å². The molecule has 0 atom stereocenters. The smallest absolute Gasteiger partial charge is 0.246 e. The monoisotopic (exact) mass is 405 g/mol. The maximum absolute atomic E-state index is 13.1. The topological polar surface area (TPSA) is 65.1 Å². The highest BCUT2D eigenvalue weighted by molar-refractivity contribution is 7.89. The summed E-state index contributed by atoms with van der Waals surface area (Å²) in [6.07, 6.45) is 1.56. The molecular formula is C21H27NO5S. The molecular weight excluding hydrogens is 378 g/mol. The van der Waals surface area contributed by atoms with Crippen LogP contribution < -0.4 is 9.47 Å². The van der Waals surface area contributed by atoms with E-state index in [9.17, 15) is 8.42 Å². The molecule has 0 aromatic heterocycles. The van der Waals surface area contributed by atoms with Crippen molar-refractivity contribution in [2.45, 2.75) is 24.3 Å². The van der Waals surface area contributed by atoms with Crippen LogP contribution in [0.2, 0.25) is 0 Å². The van der Waals surface area contributed by atoms with Crippen LogP contribution in [0.1, 0.15) is 18.4 Å². The van der Waals surface area contributed by atoms with Gasteiger partial charge in [-0.2, -0.15) is 4.31 Å². The minimum Gasteiger partial charge on any atom is -0.497 e. The predicted octanol–water partition coefficient (Wildman–Crippen LogP) is 3.32. The summed E-state index contributed by atoms with van der Waals surface area (Å²) in [4.78, 5) is 0.146. The van der Waals surface area contributed by atoms with Crippen LogP contribution in [0.25, 0.3) is 0 Å². The van der Waals surface area contributed by atoms with Gasteiger partial charge in [-0.3, -0.25) is 0 Å². The van der Waals surface area contributed by atoms with Crippen LogP contribution in [0.5, 0.6) is 11.5 Å². The van der Waals surface area contributed by atoms with Gasteiger partial charge in [-0.1, -0.05) is 30.3 Å². The van der Waals surface area contributed by atoms with Gasteiger partial charge in [0.05, 0.1) is 20.8 Å². The number of ether oxygens (including phenoxy) is 3. The lowest BCUT2D eigenvalue weighted by Gasteiger charge is -2.31. The van der Waals surface area contributed by atoms with Gasteiger partial charge in [0.15, 0.2) is 0 Å². The molecule has 1 saturated heterocycles. The summed E-state index contributed by atoms with van der Waals surface area (Å²) in [6.45, 7) is 2.18. The van der Waals surface area contributed by atoms with Crippen LogP contribution in [0.3, 0.4) is 0 Å². The lowest BCUT2D eigenvalue weighted by Crippen LogP contribution is -2.39. The van der Waals surface area contributed by atoms with Gasteiger partial charge in [0.1, 0.15) is 16.4 Å². The molecule has 0 N–H and O–H groups in total. The Morgan fingerprint density at radius 2 is 1.71 bits per heavy atom. The zero-order valence-corrected chi connectivity index (χ0v) is 17.2. The van der Waals surface area contributed by atoms with E-state index in [1.807, 2.05) is 30.3 Å². The van der Waals surface area contributed by atoms with Crippen LogP contribution in [0.15, 0.2) is 53.4 Å². The maximum Gasteiger partial charge on any atom is 0.246 e. The fourth-order valence-corrected chi connectivity index (χ4v) is 5.00. The minimum atomic E-state index is -3.64. The molecule has 0 amide bonds. The van der Waals surface area contributed by atoms with Crippen molar-refractivity contribution in [3.63, 3.8) is 0 Å². The number of benzene rings is 2. The van der Waals surface area contributed by atoms with E-state index in [1.165, 1.54) is 24.6 Å². The molecule has 0 radical (unpaired) electrons. The average molecular weight is 406 g/mol. The highest BCUT2D eigenvalue weighted by Crippen LogP contribution is 2.32. The summed E-state index contributed by atoms with van der Waals surface area (Å²) in [5.74, 6) is 1.18. The second kappa shape index (κ2) is 9.41. The Balaban J connectivity index is 1.58. The van der Waals surface area contributed by atoms with E-state index in [0.29, 0.717) is 43.7 Å². The molecule has 0 aliphatic carbocycles. The Labute approximate surface area is 167 Å². The summed E-state index contributed by atoms with van der Waals surface area (Å²) >= 11 is 0. The van der Waals surface area contributed by atoms with Gasteiger partial charge in [-0.05, 0) is 36.5 Å². The number of nitrogens with zero attached hydrogens (tertiary/aromatic N) is 1. The molecule has 1 fully saturated rings. The first-order chi connectivity index (χ1) is 13.5. The van der Waals surface area contributed by atoms with Gasteiger partial charge in [0, 0.05) is 25.8 Å². The molecule has 1 aliphatic heterocycles. The largest absolute Gasteiger partial charge is 0.497 e. The fourth-order valence-electron chi connectivity index (χ4n) is 3.36. The molecule has 0 spiro atoms. The molecule has 1 heterocycles. The first-order valence-electron chi connectivity index (χ1n) is 9.38. The number of sulfonamides is 1. The molecule has 0 unspecified atom stereocenters. The van der Waals surface area contributed by atoms with Crippen LogP contribution in [0.4, 0.5) is 0 Å². The summed E-state index contributed by atoms with van der Waals surface area (Å²) in [5, 5.41) is 0. The number of methoxy groups -OCH3 is 2. The van der Waals surface area contributed by atoms with Crippen molar-refractivity contribution in [1.29, 1.82) is 0 Å². The molecule has 1 aliphatic rings. The van der Waals surface area contributed by atoms with Crippen molar-refractivity contribution in [1.82, 2.24) is 4.31 Å². The first kappa shape index (κ1) is 20.6. The maximum atomic E-state index is 13.1. The molecule has 7 heteroatoms. The van der Waals surface area contributed by atoms with Gasteiger partial charge in [-0.15, -0.1) is 0 Å². The normalized spacial score (nSPS) is 16.1. The number of hydrogen-bond donors (Lipinski definition) is 0. The fraction of sp³-hybridized carbons (Fsp3) is 0.429. The first-order valence-corrected chi connectivity index (χ1v) is 10.8. The van der Waals surface area contributed by atoms with Crippen LogP contribution in [-0.4, -0.2) is 46.6 Å². The molecule has 28 heavy (non-hydrogen) atoms. The van der Waals surface area contributed by atoms with E-state index in [-0.39, 0.29) is 4.90 Å². The van der Waals surface area contributed by atoms with Gasteiger partial charge >= 0.3 is 0 Å². The minimum absolute atomic E-state index is 0.146. The number of hydrogen-bond acceptors (Lipinski definition) is 5. The van der Waals surface area contributed by atoms with Crippen molar-refractivity contribution in [3.8, 4) is 11.5 Å². The molecule has 6 nitrogen and oxygen atoms in total. The Morgan fingerprint density at radius 1 is 1.00 bits per heavy atom. The number of piperidine rings is 1. The second-order valence-electron chi connectivity index (χ2n) is 6.86. The van der Waals surface area contributed by atoms with E-state index in [4.69, 9.17) is 14.2 Å². The van der Waals surface area contributed by atoms with Crippen molar-refractivity contribution in [2.24, 2.45) is 5.92 Å². The Hall–Kier alpha value is -2.09.